The first-order valence-corrected chi connectivity index (χ1v) is 11.2. The van der Waals surface area contributed by atoms with Crippen molar-refractivity contribution in [1.29, 1.82) is 5.26 Å². The van der Waals surface area contributed by atoms with E-state index in [-0.39, 0.29) is 6.09 Å². The average molecular weight is 439 g/mol. The summed E-state index contributed by atoms with van der Waals surface area (Å²) in [6.45, 7) is 7.88. The van der Waals surface area contributed by atoms with Gasteiger partial charge in [-0.2, -0.15) is 5.26 Å². The number of hydrogen-bond donors (Lipinski definition) is 1. The summed E-state index contributed by atoms with van der Waals surface area (Å²) >= 11 is 1.50. The lowest BCUT2D eigenvalue weighted by atomic mass is 9.97. The van der Waals surface area contributed by atoms with Gasteiger partial charge in [-0.25, -0.2) is 14.3 Å². The van der Waals surface area contributed by atoms with Crippen LogP contribution >= 0.6 is 11.3 Å². The lowest BCUT2D eigenvalue weighted by Crippen LogP contribution is -2.42. The largest absolute Gasteiger partial charge is 0.444 e. The van der Waals surface area contributed by atoms with Crippen molar-refractivity contribution in [2.24, 2.45) is 5.92 Å². The second kappa shape index (κ2) is 8.55. The molecule has 8 nitrogen and oxygen atoms in total. The Labute approximate surface area is 185 Å². The lowest BCUT2D eigenvalue weighted by Gasteiger charge is -2.33. The summed E-state index contributed by atoms with van der Waals surface area (Å²) in [5.74, 6) is 0.474. The molecule has 1 aliphatic rings. The second-order valence-corrected chi connectivity index (χ2v) is 9.69. The number of benzene rings is 1. The van der Waals surface area contributed by atoms with Crippen molar-refractivity contribution in [3.63, 3.8) is 0 Å². The highest BCUT2D eigenvalue weighted by molar-refractivity contribution is 7.20. The zero-order valence-electron chi connectivity index (χ0n) is 18.0. The highest BCUT2D eigenvalue weighted by atomic mass is 32.1. The molecule has 1 N–H and O–H groups in total. The maximum Gasteiger partial charge on any atom is 0.410 e. The first kappa shape index (κ1) is 21.1. The first-order valence-electron chi connectivity index (χ1n) is 10.4. The normalized spacial score (nSPS) is 15.1. The van der Waals surface area contributed by atoms with E-state index >= 15 is 0 Å². The molecule has 162 valence electrons. The van der Waals surface area contributed by atoms with Crippen LogP contribution in [0.5, 0.6) is 0 Å². The van der Waals surface area contributed by atoms with Crippen molar-refractivity contribution in [1.82, 2.24) is 19.5 Å². The SMILES string of the molecule is CC(C)(C)OC(=O)N1CCC(CNc2nn3c(-c4cccc(C#N)c4)cnc3s2)CC1. The van der Waals surface area contributed by atoms with E-state index < -0.39 is 5.60 Å². The van der Waals surface area contributed by atoms with Gasteiger partial charge in [0.25, 0.3) is 0 Å². The number of likely N-dealkylation sites (tertiary alicyclic amines) is 1. The third-order valence-electron chi connectivity index (χ3n) is 5.18. The van der Waals surface area contributed by atoms with Crippen LogP contribution < -0.4 is 5.32 Å². The third-order valence-corrected chi connectivity index (χ3v) is 6.06. The quantitative estimate of drug-likeness (QED) is 0.649. The van der Waals surface area contributed by atoms with Gasteiger partial charge in [0.05, 0.1) is 23.5 Å². The lowest BCUT2D eigenvalue weighted by molar-refractivity contribution is 0.0188. The number of nitrogens with zero attached hydrogens (tertiary/aromatic N) is 5. The van der Waals surface area contributed by atoms with Crippen molar-refractivity contribution in [3.05, 3.63) is 36.0 Å². The molecule has 1 aliphatic heterocycles. The molecule has 9 heteroatoms. The molecule has 3 heterocycles. The van der Waals surface area contributed by atoms with Crippen molar-refractivity contribution in [2.75, 3.05) is 25.0 Å². The first-order chi connectivity index (χ1) is 14.8. The number of anilines is 1. The number of hydrogen-bond acceptors (Lipinski definition) is 7. The van der Waals surface area contributed by atoms with Gasteiger partial charge in [0.1, 0.15) is 5.60 Å². The number of ether oxygens (including phenoxy) is 1. The van der Waals surface area contributed by atoms with Gasteiger partial charge in [0.15, 0.2) is 0 Å². The molecule has 1 saturated heterocycles. The monoisotopic (exact) mass is 438 g/mol. The summed E-state index contributed by atoms with van der Waals surface area (Å²) in [6, 6.07) is 9.61. The molecule has 0 unspecified atom stereocenters. The van der Waals surface area contributed by atoms with E-state index in [1.807, 2.05) is 43.5 Å². The number of imidazole rings is 1. The molecule has 0 saturated carbocycles. The Morgan fingerprint density at radius 2 is 2.13 bits per heavy atom. The summed E-state index contributed by atoms with van der Waals surface area (Å²) in [7, 11) is 0. The van der Waals surface area contributed by atoms with Crippen LogP contribution in [0.2, 0.25) is 0 Å². The van der Waals surface area contributed by atoms with Gasteiger partial charge in [-0.15, -0.1) is 5.10 Å². The maximum absolute atomic E-state index is 12.2. The number of aromatic nitrogens is 3. The number of fused-ring (bicyclic) bond motifs is 1. The third kappa shape index (κ3) is 4.97. The van der Waals surface area contributed by atoms with E-state index in [1.165, 1.54) is 11.3 Å². The molecule has 0 aliphatic carbocycles. The summed E-state index contributed by atoms with van der Waals surface area (Å²) in [4.78, 5) is 19.3. The number of nitriles is 1. The van der Waals surface area contributed by atoms with Gasteiger partial charge in [-0.1, -0.05) is 23.5 Å². The van der Waals surface area contributed by atoms with Gasteiger partial charge in [-0.05, 0) is 51.7 Å². The van der Waals surface area contributed by atoms with E-state index in [1.54, 1.807) is 17.2 Å². The highest BCUT2D eigenvalue weighted by Crippen LogP contribution is 2.27. The molecule has 0 radical (unpaired) electrons. The summed E-state index contributed by atoms with van der Waals surface area (Å²) in [6.07, 6.45) is 3.42. The van der Waals surface area contributed by atoms with Crippen LogP contribution in [0.4, 0.5) is 9.93 Å². The van der Waals surface area contributed by atoms with Gasteiger partial charge < -0.3 is 15.0 Å². The molecule has 0 bridgehead atoms. The molecular weight excluding hydrogens is 412 g/mol. The Morgan fingerprint density at radius 1 is 1.35 bits per heavy atom. The number of carbonyl (C=O) groups excluding carboxylic acids is 1. The van der Waals surface area contributed by atoms with Crippen LogP contribution in [0.15, 0.2) is 30.5 Å². The smallest absolute Gasteiger partial charge is 0.410 e. The molecule has 0 atom stereocenters. The second-order valence-electron chi connectivity index (χ2n) is 8.73. The van der Waals surface area contributed by atoms with E-state index in [9.17, 15) is 4.79 Å². The van der Waals surface area contributed by atoms with E-state index in [0.29, 0.717) is 24.6 Å². The number of carbonyl (C=O) groups is 1. The van der Waals surface area contributed by atoms with Gasteiger partial charge in [0.2, 0.25) is 10.1 Å². The Kier molecular flexibility index (Phi) is 5.83. The minimum atomic E-state index is -0.466. The molecule has 1 aromatic carbocycles. The Morgan fingerprint density at radius 3 is 2.84 bits per heavy atom. The standard InChI is InChI=1S/C22H26N6O2S/c1-22(2,3)30-21(29)27-9-7-15(8-10-27)13-24-19-26-28-18(14-25-20(28)31-19)17-6-4-5-16(11-17)12-23/h4-6,11,14-15H,7-10,13H2,1-3H3,(H,24,26). The van der Waals surface area contributed by atoms with Crippen molar-refractivity contribution in [3.8, 4) is 17.3 Å². The number of nitrogens with one attached hydrogen (secondary N) is 1. The number of amides is 1. The van der Waals surface area contributed by atoms with E-state index in [0.717, 1.165) is 40.7 Å². The van der Waals surface area contributed by atoms with Crippen LogP contribution in [0.3, 0.4) is 0 Å². The van der Waals surface area contributed by atoms with Gasteiger partial charge >= 0.3 is 6.09 Å². The fraction of sp³-hybridized carbons (Fsp3) is 0.455. The van der Waals surface area contributed by atoms with Crippen LogP contribution in [-0.4, -0.2) is 50.8 Å². The molecular formula is C22H26N6O2S. The molecule has 4 rings (SSSR count). The highest BCUT2D eigenvalue weighted by Gasteiger charge is 2.27. The fourth-order valence-corrected chi connectivity index (χ4v) is 4.37. The maximum atomic E-state index is 12.2. The molecule has 3 aromatic rings. The molecule has 0 spiro atoms. The minimum Gasteiger partial charge on any atom is -0.444 e. The van der Waals surface area contributed by atoms with Crippen molar-refractivity contribution >= 4 is 27.5 Å². The van der Waals surface area contributed by atoms with Crippen molar-refractivity contribution < 1.29 is 9.53 Å². The summed E-state index contributed by atoms with van der Waals surface area (Å²) in [5, 5.41) is 18.1. The molecule has 1 fully saturated rings. The van der Waals surface area contributed by atoms with Crippen LogP contribution in [0.1, 0.15) is 39.2 Å². The Hall–Kier alpha value is -3.12. The summed E-state index contributed by atoms with van der Waals surface area (Å²) < 4.78 is 7.28. The topological polar surface area (TPSA) is 95.5 Å². The van der Waals surface area contributed by atoms with Gasteiger partial charge in [0, 0.05) is 25.2 Å². The van der Waals surface area contributed by atoms with Crippen LogP contribution in [-0.2, 0) is 4.74 Å². The van der Waals surface area contributed by atoms with Gasteiger partial charge in [-0.3, -0.25) is 0 Å². The van der Waals surface area contributed by atoms with E-state index in [4.69, 9.17) is 10.00 Å². The predicted molar refractivity (Wildman–Crippen MR) is 120 cm³/mol. The number of rotatable bonds is 4. The molecule has 2 aromatic heterocycles. The minimum absolute atomic E-state index is 0.229. The zero-order valence-corrected chi connectivity index (χ0v) is 18.8. The number of piperidine rings is 1. The van der Waals surface area contributed by atoms with E-state index in [2.05, 4.69) is 21.5 Å². The average Bonchev–Trinajstić information content (AvgIpc) is 3.32. The fourth-order valence-electron chi connectivity index (χ4n) is 3.59. The van der Waals surface area contributed by atoms with Crippen LogP contribution in [0, 0.1) is 17.2 Å². The molecule has 1 amide bonds. The summed E-state index contributed by atoms with van der Waals surface area (Å²) in [5.41, 5.74) is 1.92. The Bertz CT molecular complexity index is 1120. The Balaban J connectivity index is 1.35. The van der Waals surface area contributed by atoms with Crippen LogP contribution in [0.25, 0.3) is 16.2 Å². The zero-order chi connectivity index (χ0) is 22.0. The van der Waals surface area contributed by atoms with Crippen molar-refractivity contribution in [2.45, 2.75) is 39.2 Å². The molecule has 31 heavy (non-hydrogen) atoms. The predicted octanol–water partition coefficient (Wildman–Crippen LogP) is 4.39.